The molecule has 2 aromatic rings. The molecule has 1 fully saturated rings. The Morgan fingerprint density at radius 1 is 1.07 bits per heavy atom. The third-order valence-corrected chi connectivity index (χ3v) is 6.66. The summed E-state index contributed by atoms with van der Waals surface area (Å²) in [6, 6.07) is 14.9. The number of carbonyl (C=O) groups excluding carboxylic acids is 1. The van der Waals surface area contributed by atoms with Gasteiger partial charge in [0.25, 0.3) is 0 Å². The van der Waals surface area contributed by atoms with Crippen molar-refractivity contribution in [3.05, 3.63) is 60.2 Å². The molecule has 28 heavy (non-hydrogen) atoms. The highest BCUT2D eigenvalue weighted by Gasteiger charge is 2.47. The number of carbonyl (C=O) groups is 1. The molecule has 8 heteroatoms. The van der Waals surface area contributed by atoms with Crippen molar-refractivity contribution >= 4 is 16.1 Å². The van der Waals surface area contributed by atoms with Crippen molar-refractivity contribution in [1.29, 1.82) is 0 Å². The second-order valence-electron chi connectivity index (χ2n) is 6.97. The van der Waals surface area contributed by atoms with E-state index in [-0.39, 0.29) is 23.5 Å². The van der Waals surface area contributed by atoms with E-state index in [0.29, 0.717) is 11.3 Å². The molecule has 150 valence electrons. The van der Waals surface area contributed by atoms with Gasteiger partial charge < -0.3 is 9.64 Å². The second-order valence-corrected chi connectivity index (χ2v) is 8.86. The number of amides is 2. The fraction of sp³-hybridized carbons (Fsp3) is 0.350. The molecule has 0 radical (unpaired) electrons. The van der Waals surface area contributed by atoms with Crippen molar-refractivity contribution in [1.82, 2.24) is 14.1 Å². The Bertz CT molecular complexity index is 930. The molecule has 0 aliphatic carbocycles. The lowest BCUT2D eigenvalue weighted by Gasteiger charge is -2.33. The fourth-order valence-electron chi connectivity index (χ4n) is 3.41. The Balaban J connectivity index is 2.11. The Hall–Kier alpha value is -2.58. The Labute approximate surface area is 166 Å². The van der Waals surface area contributed by atoms with Crippen LogP contribution in [0, 0.1) is 0 Å². The highest BCUT2D eigenvalue weighted by atomic mass is 32.2. The molecule has 0 spiro atoms. The van der Waals surface area contributed by atoms with Crippen LogP contribution < -0.4 is 4.74 Å². The topological polar surface area (TPSA) is 70.2 Å². The van der Waals surface area contributed by atoms with Gasteiger partial charge in [-0.1, -0.05) is 30.3 Å². The van der Waals surface area contributed by atoms with E-state index in [2.05, 4.69) is 0 Å². The number of ether oxygens (including phenoxy) is 1. The van der Waals surface area contributed by atoms with Gasteiger partial charge in [-0.25, -0.2) is 13.2 Å². The maximum absolute atomic E-state index is 13.4. The zero-order chi connectivity index (χ0) is 20.5. The van der Waals surface area contributed by atoms with Crippen LogP contribution in [0.5, 0.6) is 5.75 Å². The summed E-state index contributed by atoms with van der Waals surface area (Å²) < 4.78 is 33.4. The summed E-state index contributed by atoms with van der Waals surface area (Å²) in [5.74, 6) is 0.665. The molecule has 2 amide bonds. The first-order valence-corrected chi connectivity index (χ1v) is 10.4. The molecule has 1 aliphatic rings. The van der Waals surface area contributed by atoms with E-state index in [0.717, 1.165) is 0 Å². The number of methoxy groups -OCH3 is 1. The summed E-state index contributed by atoms with van der Waals surface area (Å²) in [6.07, 6.45) is -0.735. The van der Waals surface area contributed by atoms with E-state index in [1.165, 1.54) is 9.21 Å². The summed E-state index contributed by atoms with van der Waals surface area (Å²) in [6.45, 7) is 2.08. The highest BCUT2D eigenvalue weighted by Crippen LogP contribution is 2.38. The number of nitrogens with zero attached hydrogens (tertiary/aromatic N) is 3. The van der Waals surface area contributed by atoms with Crippen molar-refractivity contribution in [2.75, 3.05) is 27.7 Å². The molecule has 0 N–H and O–H groups in total. The predicted octanol–water partition coefficient (Wildman–Crippen LogP) is 2.77. The largest absolute Gasteiger partial charge is 0.497 e. The number of hydrogen-bond acceptors (Lipinski definition) is 4. The zero-order valence-electron chi connectivity index (χ0n) is 16.4. The Morgan fingerprint density at radius 2 is 1.68 bits per heavy atom. The van der Waals surface area contributed by atoms with Crippen molar-refractivity contribution in [3.63, 3.8) is 0 Å². The van der Waals surface area contributed by atoms with Crippen LogP contribution in [0.15, 0.2) is 59.5 Å². The summed E-state index contributed by atoms with van der Waals surface area (Å²) in [5, 5.41) is 0. The molecule has 1 saturated heterocycles. The van der Waals surface area contributed by atoms with Crippen LogP contribution in [0.2, 0.25) is 0 Å². The molecule has 2 aromatic carbocycles. The number of benzene rings is 2. The van der Waals surface area contributed by atoms with Gasteiger partial charge in [0.2, 0.25) is 10.0 Å². The maximum atomic E-state index is 13.4. The van der Waals surface area contributed by atoms with Crippen molar-refractivity contribution in [2.45, 2.75) is 24.0 Å². The van der Waals surface area contributed by atoms with Crippen LogP contribution >= 0.6 is 0 Å². The molecule has 7 nitrogen and oxygen atoms in total. The molecule has 1 heterocycles. The van der Waals surface area contributed by atoms with E-state index < -0.39 is 16.2 Å². The van der Waals surface area contributed by atoms with Crippen molar-refractivity contribution in [3.8, 4) is 5.75 Å². The molecule has 3 rings (SSSR count). The average molecular weight is 404 g/mol. The minimum Gasteiger partial charge on any atom is -0.497 e. The zero-order valence-corrected chi connectivity index (χ0v) is 17.3. The monoisotopic (exact) mass is 403 g/mol. The third kappa shape index (κ3) is 3.57. The van der Waals surface area contributed by atoms with Crippen LogP contribution in [-0.4, -0.2) is 62.3 Å². The molecule has 1 aliphatic heterocycles. The van der Waals surface area contributed by atoms with E-state index >= 15 is 0 Å². The summed E-state index contributed by atoms with van der Waals surface area (Å²) >= 11 is 0. The SMILES string of the molecule is COc1ccc(C2N(C(=O)N(C)C)C(C)CN2S(=O)(=O)c2ccccc2)cc1. The van der Waals surface area contributed by atoms with Crippen molar-refractivity contribution in [2.24, 2.45) is 0 Å². The van der Waals surface area contributed by atoms with Gasteiger partial charge in [-0.2, -0.15) is 4.31 Å². The lowest BCUT2D eigenvalue weighted by atomic mass is 10.1. The van der Waals surface area contributed by atoms with Gasteiger partial charge in [0.05, 0.1) is 12.0 Å². The van der Waals surface area contributed by atoms with Gasteiger partial charge >= 0.3 is 6.03 Å². The fourth-order valence-corrected chi connectivity index (χ4v) is 5.08. The van der Waals surface area contributed by atoms with E-state index in [1.807, 2.05) is 6.92 Å². The maximum Gasteiger partial charge on any atom is 0.321 e. The van der Waals surface area contributed by atoms with Crippen LogP contribution in [0.3, 0.4) is 0 Å². The van der Waals surface area contributed by atoms with E-state index in [9.17, 15) is 13.2 Å². The molecule has 0 aromatic heterocycles. The number of urea groups is 1. The Morgan fingerprint density at radius 3 is 2.21 bits per heavy atom. The summed E-state index contributed by atoms with van der Waals surface area (Å²) in [4.78, 5) is 16.2. The highest BCUT2D eigenvalue weighted by molar-refractivity contribution is 7.89. The van der Waals surface area contributed by atoms with Crippen molar-refractivity contribution < 1.29 is 17.9 Å². The second kappa shape index (κ2) is 7.81. The van der Waals surface area contributed by atoms with Crippen LogP contribution in [0.1, 0.15) is 18.7 Å². The van der Waals surface area contributed by atoms with Gasteiger partial charge in [0.15, 0.2) is 0 Å². The van der Waals surface area contributed by atoms with Crippen LogP contribution in [-0.2, 0) is 10.0 Å². The average Bonchev–Trinajstić information content (AvgIpc) is 3.05. The Kier molecular flexibility index (Phi) is 5.62. The molecule has 2 atom stereocenters. The standard InChI is InChI=1S/C20H25N3O4S/c1-15-14-22(28(25,26)18-8-6-5-7-9-18)19(23(15)20(24)21(2)3)16-10-12-17(27-4)13-11-16/h5-13,15,19H,14H2,1-4H3. The number of hydrogen-bond donors (Lipinski definition) is 0. The quantitative estimate of drug-likeness (QED) is 0.787. The third-order valence-electron chi connectivity index (χ3n) is 4.82. The summed E-state index contributed by atoms with van der Waals surface area (Å²) in [7, 11) is 1.11. The predicted molar refractivity (Wildman–Crippen MR) is 106 cm³/mol. The van der Waals surface area contributed by atoms with E-state index in [1.54, 1.807) is 80.7 Å². The van der Waals surface area contributed by atoms with Gasteiger partial charge in [-0.15, -0.1) is 0 Å². The van der Waals surface area contributed by atoms with Gasteiger partial charge in [-0.3, -0.25) is 4.90 Å². The molecule has 0 saturated carbocycles. The van der Waals surface area contributed by atoms with E-state index in [4.69, 9.17) is 4.74 Å². The minimum absolute atomic E-state index is 0.208. The molecular formula is C20H25N3O4S. The van der Waals surface area contributed by atoms with Crippen LogP contribution in [0.4, 0.5) is 4.79 Å². The van der Waals surface area contributed by atoms with Gasteiger partial charge in [0.1, 0.15) is 11.9 Å². The smallest absolute Gasteiger partial charge is 0.321 e. The first-order chi connectivity index (χ1) is 13.3. The first kappa shape index (κ1) is 20.2. The lowest BCUT2D eigenvalue weighted by Crippen LogP contribution is -2.44. The number of rotatable bonds is 4. The lowest BCUT2D eigenvalue weighted by molar-refractivity contribution is 0.138. The number of sulfonamides is 1. The van der Waals surface area contributed by atoms with Gasteiger partial charge in [-0.05, 0) is 36.8 Å². The molecule has 2 unspecified atom stereocenters. The van der Waals surface area contributed by atoms with Crippen LogP contribution in [0.25, 0.3) is 0 Å². The summed E-state index contributed by atoms with van der Waals surface area (Å²) in [5.41, 5.74) is 0.708. The minimum atomic E-state index is -3.79. The normalized spacial score (nSPS) is 20.2. The molecular weight excluding hydrogens is 378 g/mol. The van der Waals surface area contributed by atoms with Gasteiger partial charge in [0, 0.05) is 26.7 Å². The first-order valence-electron chi connectivity index (χ1n) is 8.98. The molecule has 0 bridgehead atoms.